The van der Waals surface area contributed by atoms with E-state index < -0.39 is 23.6 Å². The number of morpholine rings is 1. The van der Waals surface area contributed by atoms with Gasteiger partial charge in [0.05, 0.1) is 25.8 Å². The van der Waals surface area contributed by atoms with Crippen molar-refractivity contribution in [2.24, 2.45) is 0 Å². The fraction of sp³-hybridized carbons (Fsp3) is 0.579. The Hall–Kier alpha value is -2.35. The molecule has 2 rings (SSSR count). The van der Waals surface area contributed by atoms with Gasteiger partial charge in [-0.3, -0.25) is 9.69 Å². The molecule has 1 N–H and O–H groups in total. The molecule has 8 heteroatoms. The van der Waals surface area contributed by atoms with E-state index in [4.69, 9.17) is 14.2 Å². The number of methoxy groups -OCH3 is 1. The number of amides is 2. The van der Waals surface area contributed by atoms with Crippen molar-refractivity contribution >= 4 is 12.0 Å². The molecule has 0 bridgehead atoms. The maximum Gasteiger partial charge on any atom is 0.410 e. The molecule has 1 aromatic carbocycles. The van der Waals surface area contributed by atoms with E-state index >= 15 is 0 Å². The van der Waals surface area contributed by atoms with Gasteiger partial charge in [-0.15, -0.1) is 0 Å². The number of halogens is 1. The molecular weight excluding hydrogens is 355 g/mol. The van der Waals surface area contributed by atoms with Crippen molar-refractivity contribution in [2.45, 2.75) is 45.4 Å². The van der Waals surface area contributed by atoms with Gasteiger partial charge in [0.15, 0.2) is 11.6 Å². The molecule has 0 radical (unpaired) electrons. The number of nitrogens with one attached hydrogen (secondary N) is 1. The fourth-order valence-corrected chi connectivity index (χ4v) is 2.70. The zero-order valence-electron chi connectivity index (χ0n) is 16.4. The summed E-state index contributed by atoms with van der Waals surface area (Å²) >= 11 is 0. The minimum atomic E-state index is -0.669. The van der Waals surface area contributed by atoms with Crippen LogP contribution in [0.5, 0.6) is 5.75 Å². The molecule has 1 aliphatic rings. The topological polar surface area (TPSA) is 77.1 Å². The highest BCUT2D eigenvalue weighted by Crippen LogP contribution is 2.28. The predicted molar refractivity (Wildman–Crippen MR) is 97.1 cm³/mol. The van der Waals surface area contributed by atoms with E-state index in [9.17, 15) is 14.0 Å². The number of ether oxygens (including phenoxy) is 3. The first-order valence-electron chi connectivity index (χ1n) is 8.82. The van der Waals surface area contributed by atoms with Crippen LogP contribution < -0.4 is 10.1 Å². The summed E-state index contributed by atoms with van der Waals surface area (Å²) in [5, 5.41) is 2.72. The third-order valence-corrected chi connectivity index (χ3v) is 4.13. The summed E-state index contributed by atoms with van der Waals surface area (Å²) in [6.07, 6.45) is -0.876. The zero-order valence-corrected chi connectivity index (χ0v) is 16.4. The molecule has 2 atom stereocenters. The predicted octanol–water partition coefficient (Wildman–Crippen LogP) is 2.65. The van der Waals surface area contributed by atoms with Crippen LogP contribution in [0, 0.1) is 5.82 Å². The van der Waals surface area contributed by atoms with Gasteiger partial charge >= 0.3 is 6.09 Å². The van der Waals surface area contributed by atoms with Crippen molar-refractivity contribution in [1.29, 1.82) is 0 Å². The number of nitrogens with zero attached hydrogens (tertiary/aromatic N) is 1. The van der Waals surface area contributed by atoms with Gasteiger partial charge in [0, 0.05) is 6.54 Å². The molecule has 1 saturated heterocycles. The molecule has 27 heavy (non-hydrogen) atoms. The molecule has 0 aliphatic carbocycles. The van der Waals surface area contributed by atoms with Gasteiger partial charge in [-0.1, -0.05) is 6.07 Å². The molecule has 0 aromatic heterocycles. The summed E-state index contributed by atoms with van der Waals surface area (Å²) in [4.78, 5) is 25.6. The molecule has 0 spiro atoms. The number of carbonyl (C=O) groups is 2. The molecule has 0 saturated carbocycles. The lowest BCUT2D eigenvalue weighted by Gasteiger charge is -2.35. The lowest BCUT2D eigenvalue weighted by atomic mass is 10.1. The maximum absolute atomic E-state index is 13.7. The Morgan fingerprint density at radius 2 is 2.15 bits per heavy atom. The first-order chi connectivity index (χ1) is 12.6. The quantitative estimate of drug-likeness (QED) is 0.847. The minimum absolute atomic E-state index is 0.0500. The van der Waals surface area contributed by atoms with Crippen LogP contribution in [-0.2, 0) is 14.3 Å². The molecular formula is C19H27FN2O5. The summed E-state index contributed by atoms with van der Waals surface area (Å²) in [6, 6.07) is 4.04. The van der Waals surface area contributed by atoms with Crippen LogP contribution in [0.2, 0.25) is 0 Å². The van der Waals surface area contributed by atoms with Gasteiger partial charge in [0.25, 0.3) is 0 Å². The summed E-state index contributed by atoms with van der Waals surface area (Å²) in [7, 11) is 1.39. The molecule has 150 valence electrons. The minimum Gasteiger partial charge on any atom is -0.494 e. The Morgan fingerprint density at radius 3 is 2.70 bits per heavy atom. The van der Waals surface area contributed by atoms with Crippen LogP contribution in [-0.4, -0.2) is 55.4 Å². The number of benzene rings is 1. The number of hydrogen-bond donors (Lipinski definition) is 1. The molecule has 1 fully saturated rings. The second kappa shape index (κ2) is 8.56. The van der Waals surface area contributed by atoms with Crippen LogP contribution >= 0.6 is 0 Å². The average molecular weight is 382 g/mol. The molecule has 2 amide bonds. The largest absolute Gasteiger partial charge is 0.494 e. The number of hydrogen-bond acceptors (Lipinski definition) is 5. The molecule has 7 nitrogen and oxygen atoms in total. The summed E-state index contributed by atoms with van der Waals surface area (Å²) in [5.74, 6) is -0.563. The third kappa shape index (κ3) is 5.82. The van der Waals surface area contributed by atoms with E-state index in [0.717, 1.165) is 0 Å². The smallest absolute Gasteiger partial charge is 0.410 e. The Morgan fingerprint density at radius 1 is 1.44 bits per heavy atom. The number of carbonyl (C=O) groups excluding carboxylic acids is 2. The average Bonchev–Trinajstić information content (AvgIpc) is 2.59. The van der Waals surface area contributed by atoms with Gasteiger partial charge in [-0.2, -0.15) is 0 Å². The van der Waals surface area contributed by atoms with Crippen LogP contribution in [0.3, 0.4) is 0 Å². The van der Waals surface area contributed by atoms with Gasteiger partial charge in [-0.25, -0.2) is 9.18 Å². The van der Waals surface area contributed by atoms with Crippen molar-refractivity contribution < 1.29 is 28.2 Å². The van der Waals surface area contributed by atoms with E-state index in [2.05, 4.69) is 5.32 Å². The molecule has 1 aliphatic heterocycles. The van der Waals surface area contributed by atoms with Gasteiger partial charge in [-0.05, 0) is 45.4 Å². The van der Waals surface area contributed by atoms with Crippen molar-refractivity contribution in [3.05, 3.63) is 29.6 Å². The monoisotopic (exact) mass is 382 g/mol. The van der Waals surface area contributed by atoms with Crippen LogP contribution in [0.1, 0.15) is 39.3 Å². The van der Waals surface area contributed by atoms with Crippen LogP contribution in [0.25, 0.3) is 0 Å². The van der Waals surface area contributed by atoms with Crippen molar-refractivity contribution in [3.63, 3.8) is 0 Å². The normalized spacial score (nSPS) is 18.4. The lowest BCUT2D eigenvalue weighted by molar-refractivity contribution is -0.133. The van der Waals surface area contributed by atoms with E-state index in [1.165, 1.54) is 18.1 Å². The summed E-state index contributed by atoms with van der Waals surface area (Å²) in [6.45, 7) is 7.64. The maximum atomic E-state index is 13.7. The molecule has 1 heterocycles. The van der Waals surface area contributed by atoms with Crippen molar-refractivity contribution in [1.82, 2.24) is 10.2 Å². The standard InChI is InChI=1S/C19H27FN2O5/c1-12(13-6-7-15(20)16(8-13)25-5)22(18(24)27-19(2,3)4)10-14-9-21-17(23)11-26-14/h6-8,12,14H,9-11H2,1-5H3,(H,21,23)/t12-,14?/m1/s1. The Bertz CT molecular complexity index is 679. The van der Waals surface area contributed by atoms with Crippen molar-refractivity contribution in [3.8, 4) is 5.75 Å². The third-order valence-electron chi connectivity index (χ3n) is 4.13. The Balaban J connectivity index is 2.24. The lowest BCUT2D eigenvalue weighted by Crippen LogP contribution is -2.50. The highest BCUT2D eigenvalue weighted by molar-refractivity contribution is 5.77. The van der Waals surface area contributed by atoms with E-state index in [1.54, 1.807) is 32.9 Å². The van der Waals surface area contributed by atoms with E-state index in [1.807, 2.05) is 6.92 Å². The van der Waals surface area contributed by atoms with Gasteiger partial charge < -0.3 is 19.5 Å². The highest BCUT2D eigenvalue weighted by atomic mass is 19.1. The van der Waals surface area contributed by atoms with Crippen LogP contribution in [0.15, 0.2) is 18.2 Å². The van der Waals surface area contributed by atoms with Crippen molar-refractivity contribution in [2.75, 3.05) is 26.8 Å². The summed E-state index contributed by atoms with van der Waals surface area (Å²) < 4.78 is 29.8. The summed E-state index contributed by atoms with van der Waals surface area (Å²) in [5.41, 5.74) is 0.0240. The van der Waals surface area contributed by atoms with Gasteiger partial charge in [0.1, 0.15) is 12.2 Å². The second-order valence-electron chi connectivity index (χ2n) is 7.44. The first kappa shape index (κ1) is 21.0. The molecule has 1 unspecified atom stereocenters. The highest BCUT2D eigenvalue weighted by Gasteiger charge is 2.31. The fourth-order valence-electron chi connectivity index (χ4n) is 2.70. The molecule has 1 aromatic rings. The second-order valence-corrected chi connectivity index (χ2v) is 7.44. The van der Waals surface area contributed by atoms with E-state index in [-0.39, 0.29) is 30.9 Å². The number of rotatable bonds is 5. The van der Waals surface area contributed by atoms with Crippen LogP contribution in [0.4, 0.5) is 9.18 Å². The Labute approximate surface area is 158 Å². The Kier molecular flexibility index (Phi) is 6.64. The SMILES string of the molecule is COc1cc([C@@H](C)N(CC2CNC(=O)CO2)C(=O)OC(C)(C)C)ccc1F. The zero-order chi connectivity index (χ0) is 20.2. The van der Waals surface area contributed by atoms with E-state index in [0.29, 0.717) is 12.1 Å². The van der Waals surface area contributed by atoms with Gasteiger partial charge in [0.2, 0.25) is 5.91 Å². The first-order valence-corrected chi connectivity index (χ1v) is 8.82.